The molecule has 1 aliphatic heterocycles. The van der Waals surface area contributed by atoms with Gasteiger partial charge in [-0.05, 0) is 35.9 Å². The second-order valence-electron chi connectivity index (χ2n) is 6.81. The standard InChI is InChI=1S/C22H24N2O3S/c1-26-17-4-2-16(3-5-17)20-15-28-21-14-18(6-7-19(21)22(20)25)27-13-12-24-10-8-23-9-11-24/h2-7,14-15,23H,8-13H2,1H3. The smallest absolute Gasteiger partial charge is 0.195 e. The molecule has 1 aliphatic rings. The van der Waals surface area contributed by atoms with Crippen molar-refractivity contribution in [2.24, 2.45) is 0 Å². The third kappa shape index (κ3) is 4.19. The maximum absolute atomic E-state index is 12.9. The summed E-state index contributed by atoms with van der Waals surface area (Å²) in [5, 5.41) is 6.01. The third-order valence-electron chi connectivity index (χ3n) is 5.03. The van der Waals surface area contributed by atoms with Crippen LogP contribution in [0.15, 0.2) is 52.6 Å². The molecule has 0 aliphatic carbocycles. The number of hydrogen-bond donors (Lipinski definition) is 1. The lowest BCUT2D eigenvalue weighted by Crippen LogP contribution is -2.44. The Morgan fingerprint density at radius 3 is 2.57 bits per heavy atom. The van der Waals surface area contributed by atoms with E-state index in [1.54, 1.807) is 18.4 Å². The first-order chi connectivity index (χ1) is 13.7. The van der Waals surface area contributed by atoms with Crippen molar-refractivity contribution in [3.8, 4) is 22.6 Å². The summed E-state index contributed by atoms with van der Waals surface area (Å²) in [6, 6.07) is 13.3. The Morgan fingerprint density at radius 2 is 1.82 bits per heavy atom. The van der Waals surface area contributed by atoms with Crippen molar-refractivity contribution >= 4 is 21.4 Å². The SMILES string of the molecule is COc1ccc(-c2csc3cc(OCCN4CCNCC4)ccc3c2=O)cc1. The average Bonchev–Trinajstić information content (AvgIpc) is 2.75. The highest BCUT2D eigenvalue weighted by Gasteiger charge is 2.11. The van der Waals surface area contributed by atoms with Crippen molar-refractivity contribution < 1.29 is 9.47 Å². The summed E-state index contributed by atoms with van der Waals surface area (Å²) in [6.45, 7) is 5.80. The molecule has 0 bridgehead atoms. The van der Waals surface area contributed by atoms with Crippen molar-refractivity contribution in [1.82, 2.24) is 10.2 Å². The number of nitrogens with zero attached hydrogens (tertiary/aromatic N) is 1. The molecule has 1 fully saturated rings. The topological polar surface area (TPSA) is 50.8 Å². The molecule has 6 heteroatoms. The van der Waals surface area contributed by atoms with Gasteiger partial charge >= 0.3 is 0 Å². The first-order valence-corrected chi connectivity index (χ1v) is 10.4. The molecule has 1 N–H and O–H groups in total. The van der Waals surface area contributed by atoms with E-state index >= 15 is 0 Å². The Kier molecular flexibility index (Phi) is 5.90. The van der Waals surface area contributed by atoms with Crippen LogP contribution >= 0.6 is 11.3 Å². The van der Waals surface area contributed by atoms with Crippen molar-refractivity contribution in [3.63, 3.8) is 0 Å². The largest absolute Gasteiger partial charge is 0.497 e. The lowest BCUT2D eigenvalue weighted by molar-refractivity contribution is 0.191. The number of hydrogen-bond acceptors (Lipinski definition) is 6. The Bertz CT molecular complexity index is 995. The molecule has 1 saturated heterocycles. The van der Waals surface area contributed by atoms with Gasteiger partial charge in [0.1, 0.15) is 18.1 Å². The Labute approximate surface area is 168 Å². The first kappa shape index (κ1) is 18.9. The molecule has 2 aromatic carbocycles. The fraction of sp³-hybridized carbons (Fsp3) is 0.318. The highest BCUT2D eigenvalue weighted by Crippen LogP contribution is 2.27. The van der Waals surface area contributed by atoms with Crippen molar-refractivity contribution in [1.29, 1.82) is 0 Å². The van der Waals surface area contributed by atoms with Crippen LogP contribution in [0.4, 0.5) is 0 Å². The molecule has 0 amide bonds. The first-order valence-electron chi connectivity index (χ1n) is 9.50. The molecule has 28 heavy (non-hydrogen) atoms. The molecule has 2 heterocycles. The van der Waals surface area contributed by atoms with Gasteiger partial charge in [-0.1, -0.05) is 12.1 Å². The van der Waals surface area contributed by atoms with E-state index in [9.17, 15) is 4.79 Å². The molecule has 5 nitrogen and oxygen atoms in total. The summed E-state index contributed by atoms with van der Waals surface area (Å²) in [7, 11) is 1.63. The number of rotatable bonds is 6. The summed E-state index contributed by atoms with van der Waals surface area (Å²) in [4.78, 5) is 15.3. The molecule has 0 atom stereocenters. The van der Waals surface area contributed by atoms with E-state index in [0.29, 0.717) is 12.2 Å². The number of methoxy groups -OCH3 is 1. The van der Waals surface area contributed by atoms with Gasteiger partial charge in [0.2, 0.25) is 0 Å². The molecular weight excluding hydrogens is 372 g/mol. The minimum absolute atomic E-state index is 0.0475. The number of ether oxygens (including phenoxy) is 2. The normalized spacial score (nSPS) is 14.9. The molecule has 0 saturated carbocycles. The molecule has 4 rings (SSSR count). The van der Waals surface area contributed by atoms with Gasteiger partial charge in [0.15, 0.2) is 5.43 Å². The van der Waals surface area contributed by atoms with Crippen LogP contribution in [-0.2, 0) is 0 Å². The maximum Gasteiger partial charge on any atom is 0.195 e. The van der Waals surface area contributed by atoms with E-state index in [1.807, 2.05) is 47.8 Å². The lowest BCUT2D eigenvalue weighted by atomic mass is 10.1. The molecule has 0 spiro atoms. The molecule has 3 aromatic rings. The average molecular weight is 397 g/mol. The van der Waals surface area contributed by atoms with Gasteiger partial charge in [0, 0.05) is 53.8 Å². The van der Waals surface area contributed by atoms with Crippen LogP contribution < -0.4 is 20.2 Å². The number of fused-ring (bicyclic) bond motifs is 1. The van der Waals surface area contributed by atoms with E-state index in [2.05, 4.69) is 10.2 Å². The minimum atomic E-state index is 0.0475. The fourth-order valence-corrected chi connectivity index (χ4v) is 4.36. The molecule has 0 unspecified atom stereocenters. The van der Waals surface area contributed by atoms with E-state index in [-0.39, 0.29) is 5.43 Å². The predicted molar refractivity (Wildman–Crippen MR) is 115 cm³/mol. The molecule has 0 radical (unpaired) electrons. The predicted octanol–water partition coefficient (Wildman–Crippen LogP) is 3.22. The van der Waals surface area contributed by atoms with Crippen LogP contribution in [0.3, 0.4) is 0 Å². The fourth-order valence-electron chi connectivity index (χ4n) is 3.40. The molecule has 146 valence electrons. The van der Waals surface area contributed by atoms with Crippen molar-refractivity contribution in [2.45, 2.75) is 0 Å². The van der Waals surface area contributed by atoms with Crippen LogP contribution in [0.2, 0.25) is 0 Å². The Morgan fingerprint density at radius 1 is 1.07 bits per heavy atom. The van der Waals surface area contributed by atoms with Crippen LogP contribution in [0.25, 0.3) is 21.2 Å². The van der Waals surface area contributed by atoms with Crippen LogP contribution in [0, 0.1) is 0 Å². The Balaban J connectivity index is 1.49. The van der Waals surface area contributed by atoms with Crippen molar-refractivity contribution in [2.75, 3.05) is 46.4 Å². The van der Waals surface area contributed by atoms with Gasteiger partial charge in [-0.2, -0.15) is 0 Å². The second kappa shape index (κ2) is 8.73. The van der Waals surface area contributed by atoms with E-state index in [0.717, 1.165) is 59.9 Å². The number of benzene rings is 2. The third-order valence-corrected chi connectivity index (χ3v) is 5.98. The van der Waals surface area contributed by atoms with Gasteiger partial charge in [0.25, 0.3) is 0 Å². The highest BCUT2D eigenvalue weighted by atomic mass is 32.1. The number of nitrogens with one attached hydrogen (secondary N) is 1. The van der Waals surface area contributed by atoms with Gasteiger partial charge in [-0.25, -0.2) is 0 Å². The van der Waals surface area contributed by atoms with Gasteiger partial charge < -0.3 is 14.8 Å². The quantitative estimate of drug-likeness (QED) is 0.693. The molecule has 1 aromatic heterocycles. The highest BCUT2D eigenvalue weighted by molar-refractivity contribution is 7.16. The Hall–Kier alpha value is -2.41. The van der Waals surface area contributed by atoms with Gasteiger partial charge in [-0.15, -0.1) is 11.3 Å². The zero-order chi connectivity index (χ0) is 19.3. The number of piperazine rings is 1. The van der Waals surface area contributed by atoms with Gasteiger partial charge in [-0.3, -0.25) is 9.69 Å². The monoisotopic (exact) mass is 396 g/mol. The summed E-state index contributed by atoms with van der Waals surface area (Å²) in [5.41, 5.74) is 1.67. The van der Waals surface area contributed by atoms with Crippen LogP contribution in [0.1, 0.15) is 0 Å². The van der Waals surface area contributed by atoms with Crippen LogP contribution in [-0.4, -0.2) is 51.3 Å². The zero-order valence-electron chi connectivity index (χ0n) is 15.9. The van der Waals surface area contributed by atoms with Gasteiger partial charge in [0.05, 0.1) is 7.11 Å². The second-order valence-corrected chi connectivity index (χ2v) is 7.72. The van der Waals surface area contributed by atoms with E-state index in [1.165, 1.54) is 0 Å². The minimum Gasteiger partial charge on any atom is -0.497 e. The van der Waals surface area contributed by atoms with Crippen molar-refractivity contribution in [3.05, 3.63) is 58.1 Å². The molecular formula is C22H24N2O3S. The van der Waals surface area contributed by atoms with E-state index in [4.69, 9.17) is 9.47 Å². The van der Waals surface area contributed by atoms with Crippen LogP contribution in [0.5, 0.6) is 11.5 Å². The van der Waals surface area contributed by atoms with E-state index < -0.39 is 0 Å². The summed E-state index contributed by atoms with van der Waals surface area (Å²) < 4.78 is 12.1. The zero-order valence-corrected chi connectivity index (χ0v) is 16.8. The summed E-state index contributed by atoms with van der Waals surface area (Å²) in [6.07, 6.45) is 0. The maximum atomic E-state index is 12.9. The summed E-state index contributed by atoms with van der Waals surface area (Å²) >= 11 is 1.57. The lowest BCUT2D eigenvalue weighted by Gasteiger charge is -2.26. The summed E-state index contributed by atoms with van der Waals surface area (Å²) in [5.74, 6) is 1.60.